The Morgan fingerprint density at radius 3 is 1.48 bits per heavy atom. The highest BCUT2D eigenvalue weighted by atomic mass is 16.5. The van der Waals surface area contributed by atoms with Crippen molar-refractivity contribution in [3.63, 3.8) is 0 Å². The molecular weight excluding hydrogens is 763 g/mol. The van der Waals surface area contributed by atoms with E-state index in [0.717, 1.165) is 59.5 Å². The second-order valence-electron chi connectivity index (χ2n) is 14.7. The van der Waals surface area contributed by atoms with Crippen molar-refractivity contribution in [3.05, 3.63) is 138 Å². The number of nitrogens with one attached hydrogen (secondary N) is 4. The van der Waals surface area contributed by atoms with Gasteiger partial charge in [-0.2, -0.15) is 0 Å². The van der Waals surface area contributed by atoms with E-state index >= 15 is 0 Å². The molecule has 15 heteroatoms. The van der Waals surface area contributed by atoms with Gasteiger partial charge < -0.3 is 39.9 Å². The summed E-state index contributed by atoms with van der Waals surface area (Å²) in [5, 5.41) is 5.41. The first kappa shape index (κ1) is 39.5. The van der Waals surface area contributed by atoms with Crippen LogP contribution in [0.4, 0.5) is 9.59 Å². The lowest BCUT2D eigenvalue weighted by molar-refractivity contribution is -0.135. The molecule has 60 heavy (non-hydrogen) atoms. The Morgan fingerprint density at radius 1 is 0.583 bits per heavy atom. The number of rotatable bonds is 11. The minimum atomic E-state index is -0.894. The third kappa shape index (κ3) is 8.32. The van der Waals surface area contributed by atoms with Crippen molar-refractivity contribution < 1.29 is 28.7 Å². The summed E-state index contributed by atoms with van der Waals surface area (Å²) in [5.41, 5.74) is 6.44. The summed E-state index contributed by atoms with van der Waals surface area (Å²) >= 11 is 0. The number of benzene rings is 3. The zero-order chi connectivity index (χ0) is 41.6. The number of pyridine rings is 1. The molecule has 3 aromatic carbocycles. The topological polar surface area (TPSA) is 188 Å². The molecule has 6 aromatic rings. The number of likely N-dealkylation sites (tertiary alicyclic amines) is 2. The van der Waals surface area contributed by atoms with Crippen molar-refractivity contribution in [2.24, 2.45) is 0 Å². The number of carbonyl (C=O) groups excluding carboxylic acids is 4. The summed E-state index contributed by atoms with van der Waals surface area (Å²) < 4.78 is 9.64. The number of nitrogens with zero attached hydrogens (tertiary/aromatic N) is 5. The van der Waals surface area contributed by atoms with Gasteiger partial charge in [0.25, 0.3) is 11.8 Å². The number of aromatic amines is 2. The third-order valence-electron chi connectivity index (χ3n) is 11.1. The van der Waals surface area contributed by atoms with Crippen molar-refractivity contribution in [2.45, 2.75) is 49.9 Å². The molecule has 0 aliphatic carbocycles. The molecule has 15 nitrogen and oxygen atoms in total. The highest BCUT2D eigenvalue weighted by Crippen LogP contribution is 2.36. The van der Waals surface area contributed by atoms with E-state index in [9.17, 15) is 19.2 Å². The van der Waals surface area contributed by atoms with E-state index in [4.69, 9.17) is 14.5 Å². The minimum Gasteiger partial charge on any atom is -0.453 e. The van der Waals surface area contributed by atoms with Gasteiger partial charge in [0.1, 0.15) is 23.7 Å². The fourth-order valence-corrected chi connectivity index (χ4v) is 8.03. The number of ether oxygens (including phenoxy) is 2. The number of alkyl carbamates (subject to hydrolysis) is 2. The molecule has 5 heterocycles. The summed E-state index contributed by atoms with van der Waals surface area (Å²) in [5.74, 6) is 0.900. The Morgan fingerprint density at radius 2 is 1.03 bits per heavy atom. The molecule has 4 N–H and O–H groups in total. The lowest BCUT2D eigenvalue weighted by Crippen LogP contribution is -2.42. The van der Waals surface area contributed by atoms with Gasteiger partial charge in [0.05, 0.1) is 55.8 Å². The zero-order valence-electron chi connectivity index (χ0n) is 33.2. The molecular formula is C45H45N9O6. The van der Waals surface area contributed by atoms with E-state index in [0.29, 0.717) is 35.9 Å². The predicted molar refractivity (Wildman–Crippen MR) is 222 cm³/mol. The van der Waals surface area contributed by atoms with Crippen LogP contribution < -0.4 is 10.6 Å². The van der Waals surface area contributed by atoms with Crippen molar-refractivity contribution in [2.75, 3.05) is 27.3 Å². The Balaban J connectivity index is 0.928. The number of aromatic nitrogens is 5. The van der Waals surface area contributed by atoms with Gasteiger partial charge in [-0.3, -0.25) is 14.6 Å². The lowest BCUT2D eigenvalue weighted by atomic mass is 10.0. The maximum atomic E-state index is 13.9. The van der Waals surface area contributed by atoms with E-state index in [1.807, 2.05) is 97.1 Å². The molecule has 2 aliphatic rings. The highest BCUT2D eigenvalue weighted by Gasteiger charge is 2.38. The second-order valence-corrected chi connectivity index (χ2v) is 14.7. The van der Waals surface area contributed by atoms with Crippen LogP contribution in [0.2, 0.25) is 0 Å². The van der Waals surface area contributed by atoms with E-state index in [1.165, 1.54) is 14.2 Å². The van der Waals surface area contributed by atoms with Crippen LogP contribution in [0.3, 0.4) is 0 Å². The molecule has 8 rings (SSSR count). The number of carbonyl (C=O) groups is 4. The number of imidazole rings is 2. The summed E-state index contributed by atoms with van der Waals surface area (Å²) in [6.07, 6.45) is 7.05. The first-order chi connectivity index (χ1) is 29.3. The van der Waals surface area contributed by atoms with E-state index in [2.05, 4.69) is 30.6 Å². The summed E-state index contributed by atoms with van der Waals surface area (Å²) in [6.45, 7) is 1.08. The van der Waals surface area contributed by atoms with Crippen molar-refractivity contribution in [1.29, 1.82) is 0 Å². The molecule has 0 saturated carbocycles. The zero-order valence-corrected chi connectivity index (χ0v) is 33.2. The van der Waals surface area contributed by atoms with Crippen molar-refractivity contribution in [3.8, 4) is 33.8 Å². The molecule has 2 fully saturated rings. The normalized spacial score (nSPS) is 17.2. The van der Waals surface area contributed by atoms with Crippen LogP contribution in [0.5, 0.6) is 0 Å². The first-order valence-corrected chi connectivity index (χ1v) is 19.9. The van der Waals surface area contributed by atoms with Crippen LogP contribution in [0.15, 0.2) is 116 Å². The quantitative estimate of drug-likeness (QED) is 0.106. The average Bonchev–Trinajstić information content (AvgIpc) is 4.15. The summed E-state index contributed by atoms with van der Waals surface area (Å²) in [6, 6.07) is 27.9. The standard InChI is InChI=1S/C45H45N9O6/c1-59-44(57)51-38(30-11-5-3-6-12-30)42(55)53-23-9-15-36(53)40-47-26-34(49-40)29-19-17-28(18-20-29)33-22-21-32(25-46-33)35-27-48-41(50-35)37-16-10-24-54(37)43(56)39(52-45(58)60-2)31-13-7-4-8-14-31/h3-8,11-14,17-22,25-27,36-39H,9-10,15-16,23-24H2,1-2H3,(H,47,49)(H,48,50)(H,51,57)(H,52,58)/t36-,37-,38+,39-/m0/s1. The van der Waals surface area contributed by atoms with Gasteiger partial charge in [0.2, 0.25) is 0 Å². The Hall–Kier alpha value is -7.29. The van der Waals surface area contributed by atoms with Gasteiger partial charge in [-0.1, -0.05) is 84.9 Å². The first-order valence-electron chi connectivity index (χ1n) is 19.9. The van der Waals surface area contributed by atoms with Gasteiger partial charge in [0, 0.05) is 30.4 Å². The lowest BCUT2D eigenvalue weighted by Gasteiger charge is -2.28. The summed E-state index contributed by atoms with van der Waals surface area (Å²) in [4.78, 5) is 76.7. The Bertz CT molecular complexity index is 2270. The maximum Gasteiger partial charge on any atom is 0.407 e. The molecule has 0 unspecified atom stereocenters. The van der Waals surface area contributed by atoms with Gasteiger partial charge in [0.15, 0.2) is 0 Å². The number of hydrogen-bond acceptors (Lipinski definition) is 9. The van der Waals surface area contributed by atoms with E-state index in [1.54, 1.807) is 28.4 Å². The molecule has 0 radical (unpaired) electrons. The third-order valence-corrected chi connectivity index (χ3v) is 11.1. The number of methoxy groups -OCH3 is 2. The van der Waals surface area contributed by atoms with E-state index < -0.39 is 24.3 Å². The van der Waals surface area contributed by atoms with Crippen molar-refractivity contribution in [1.82, 2.24) is 45.4 Å². The molecule has 0 bridgehead atoms. The van der Waals surface area contributed by atoms with Crippen LogP contribution in [-0.2, 0) is 19.1 Å². The highest BCUT2D eigenvalue weighted by molar-refractivity contribution is 5.88. The average molecular weight is 808 g/mol. The van der Waals surface area contributed by atoms with Gasteiger partial charge >= 0.3 is 12.2 Å². The van der Waals surface area contributed by atoms with Gasteiger partial charge in [-0.15, -0.1) is 0 Å². The number of amides is 4. The Kier molecular flexibility index (Phi) is 11.7. The fraction of sp³-hybridized carbons (Fsp3) is 0.267. The smallest absolute Gasteiger partial charge is 0.407 e. The molecule has 4 atom stereocenters. The summed E-state index contributed by atoms with van der Waals surface area (Å²) in [7, 11) is 2.55. The monoisotopic (exact) mass is 807 g/mol. The van der Waals surface area contributed by atoms with Crippen LogP contribution in [-0.4, -0.2) is 86.0 Å². The molecule has 3 aromatic heterocycles. The SMILES string of the molecule is COC(=O)N[C@H](C(=O)N1CCC[C@H]1c1ncc(-c2ccc(-c3ccc(-c4cnc([C@@H]5CCCN5C(=O)[C@H](NC(=O)OC)c5ccccc5)[nH]4)cc3)nc2)[nH]1)c1ccccc1. The van der Waals surface area contributed by atoms with Crippen LogP contribution in [0, 0.1) is 0 Å². The Labute approximate surface area is 346 Å². The number of H-pyrrole nitrogens is 2. The van der Waals surface area contributed by atoms with Crippen molar-refractivity contribution >= 4 is 24.0 Å². The van der Waals surface area contributed by atoms with Crippen LogP contribution in [0.1, 0.15) is 72.6 Å². The van der Waals surface area contributed by atoms with Gasteiger partial charge in [-0.05, 0) is 54.5 Å². The fourth-order valence-electron chi connectivity index (χ4n) is 8.03. The van der Waals surface area contributed by atoms with Crippen LogP contribution in [0.25, 0.3) is 33.8 Å². The second kappa shape index (κ2) is 17.7. The predicted octanol–water partition coefficient (Wildman–Crippen LogP) is 7.05. The molecule has 2 aliphatic heterocycles. The van der Waals surface area contributed by atoms with Crippen LogP contribution >= 0.6 is 0 Å². The maximum absolute atomic E-state index is 13.9. The minimum absolute atomic E-state index is 0.223. The number of hydrogen-bond donors (Lipinski definition) is 4. The molecule has 306 valence electrons. The largest absolute Gasteiger partial charge is 0.453 e. The van der Waals surface area contributed by atoms with Gasteiger partial charge in [-0.25, -0.2) is 19.6 Å². The molecule has 0 spiro atoms. The molecule has 2 saturated heterocycles. The molecule has 4 amide bonds. The van der Waals surface area contributed by atoms with E-state index in [-0.39, 0.29) is 23.9 Å².